The van der Waals surface area contributed by atoms with Crippen LogP contribution in [0.3, 0.4) is 0 Å². The van der Waals surface area contributed by atoms with Gasteiger partial charge in [-0.3, -0.25) is 4.57 Å². The smallest absolute Gasteiger partial charge is 0.319 e. The summed E-state index contributed by atoms with van der Waals surface area (Å²) in [5.74, 6) is -0.254. The van der Waals surface area contributed by atoms with Crippen LogP contribution in [0.5, 0.6) is 5.75 Å². The van der Waals surface area contributed by atoms with Gasteiger partial charge in [-0.05, 0) is 42.5 Å². The van der Waals surface area contributed by atoms with Crippen molar-refractivity contribution < 1.29 is 26.3 Å². The molecule has 0 aliphatic heterocycles. The molecule has 0 aliphatic rings. The van der Waals surface area contributed by atoms with Crippen LogP contribution in [-0.4, -0.2) is 20.1 Å². The van der Waals surface area contributed by atoms with Gasteiger partial charge in [0.15, 0.2) is 0 Å². The van der Waals surface area contributed by atoms with E-state index < -0.39 is 22.2 Å². The van der Waals surface area contributed by atoms with E-state index in [2.05, 4.69) is 0 Å². The molecular weight excluding hydrogens is 343 g/mol. The molecule has 3 rings (SSSR count). The Bertz CT molecular complexity index is 995. The van der Waals surface area contributed by atoms with Crippen molar-refractivity contribution in [2.24, 2.45) is 0 Å². The van der Waals surface area contributed by atoms with Crippen molar-refractivity contribution in [3.63, 3.8) is 0 Å². The lowest BCUT2D eigenvalue weighted by Gasteiger charge is -2.05. The number of halogens is 3. The Balaban J connectivity index is 2.25. The van der Waals surface area contributed by atoms with Gasteiger partial charge >= 0.3 is 6.55 Å². The van der Waals surface area contributed by atoms with E-state index in [-0.39, 0.29) is 20.7 Å². The SMILES string of the molecule is COc1ccc(S(=O)(=O)c2cn(C(F)F)c3ccc(F)cc23)cc1. The lowest BCUT2D eigenvalue weighted by molar-refractivity contribution is 0.0748. The number of nitrogens with zero attached hydrogens (tertiary/aromatic N) is 1. The molecule has 4 nitrogen and oxygen atoms in total. The lowest BCUT2D eigenvalue weighted by Crippen LogP contribution is -2.02. The number of sulfone groups is 1. The molecule has 0 atom stereocenters. The van der Waals surface area contributed by atoms with Gasteiger partial charge in [0.2, 0.25) is 9.84 Å². The molecule has 24 heavy (non-hydrogen) atoms. The summed E-state index contributed by atoms with van der Waals surface area (Å²) in [6, 6.07) is 8.57. The number of benzene rings is 2. The highest BCUT2D eigenvalue weighted by Gasteiger charge is 2.25. The van der Waals surface area contributed by atoms with Crippen molar-refractivity contribution in [3.8, 4) is 5.75 Å². The van der Waals surface area contributed by atoms with E-state index in [0.717, 1.165) is 24.4 Å². The topological polar surface area (TPSA) is 48.3 Å². The Morgan fingerprint density at radius 2 is 1.75 bits per heavy atom. The summed E-state index contributed by atoms with van der Waals surface area (Å²) in [6.07, 6.45) is 0.828. The Morgan fingerprint density at radius 1 is 1.08 bits per heavy atom. The third-order valence-electron chi connectivity index (χ3n) is 3.63. The monoisotopic (exact) mass is 355 g/mol. The summed E-state index contributed by atoms with van der Waals surface area (Å²) in [5.41, 5.74) is -0.0570. The molecular formula is C16H12F3NO3S. The van der Waals surface area contributed by atoms with Crippen LogP contribution in [0.25, 0.3) is 10.9 Å². The summed E-state index contributed by atoms with van der Waals surface area (Å²) in [6.45, 7) is -2.95. The van der Waals surface area contributed by atoms with E-state index in [1.807, 2.05) is 0 Å². The highest BCUT2D eigenvalue weighted by molar-refractivity contribution is 7.91. The van der Waals surface area contributed by atoms with E-state index in [4.69, 9.17) is 4.74 Å². The zero-order chi connectivity index (χ0) is 17.5. The second kappa shape index (κ2) is 5.86. The maximum absolute atomic E-state index is 13.5. The van der Waals surface area contributed by atoms with Crippen LogP contribution in [0.15, 0.2) is 58.5 Å². The minimum Gasteiger partial charge on any atom is -0.497 e. The van der Waals surface area contributed by atoms with Crippen LogP contribution in [-0.2, 0) is 9.84 Å². The first-order valence-electron chi connectivity index (χ1n) is 6.82. The molecule has 0 unspecified atom stereocenters. The lowest BCUT2D eigenvalue weighted by atomic mass is 10.2. The molecule has 1 heterocycles. The molecule has 0 saturated heterocycles. The van der Waals surface area contributed by atoms with Crippen molar-refractivity contribution in [2.45, 2.75) is 16.3 Å². The van der Waals surface area contributed by atoms with E-state index in [0.29, 0.717) is 10.3 Å². The first kappa shape index (κ1) is 16.4. The molecule has 0 bridgehead atoms. The summed E-state index contributed by atoms with van der Waals surface area (Å²) in [4.78, 5) is -0.469. The van der Waals surface area contributed by atoms with Crippen LogP contribution in [0.4, 0.5) is 13.2 Å². The molecule has 126 valence electrons. The van der Waals surface area contributed by atoms with Crippen LogP contribution >= 0.6 is 0 Å². The second-order valence-electron chi connectivity index (χ2n) is 5.02. The minimum atomic E-state index is -4.10. The van der Waals surface area contributed by atoms with Crippen molar-refractivity contribution >= 4 is 20.7 Å². The fourth-order valence-corrected chi connectivity index (χ4v) is 3.91. The van der Waals surface area contributed by atoms with Crippen molar-refractivity contribution in [1.29, 1.82) is 0 Å². The third kappa shape index (κ3) is 2.62. The van der Waals surface area contributed by atoms with Gasteiger partial charge in [-0.25, -0.2) is 12.8 Å². The molecule has 0 saturated carbocycles. The largest absolute Gasteiger partial charge is 0.497 e. The summed E-state index contributed by atoms with van der Waals surface area (Å²) in [5, 5.41) is -0.0916. The number of rotatable bonds is 4. The predicted octanol–water partition coefficient (Wildman–Crippen LogP) is 4.02. The number of aromatic nitrogens is 1. The van der Waals surface area contributed by atoms with Gasteiger partial charge in [-0.15, -0.1) is 0 Å². The molecule has 0 aliphatic carbocycles. The fraction of sp³-hybridized carbons (Fsp3) is 0.125. The molecule has 0 fully saturated rings. The van der Waals surface area contributed by atoms with Gasteiger partial charge in [-0.2, -0.15) is 8.78 Å². The van der Waals surface area contributed by atoms with Crippen LogP contribution in [0, 0.1) is 5.82 Å². The molecule has 0 spiro atoms. The molecule has 2 aromatic carbocycles. The Kier molecular flexibility index (Phi) is 4.00. The normalized spacial score (nSPS) is 12.0. The van der Waals surface area contributed by atoms with E-state index in [9.17, 15) is 21.6 Å². The van der Waals surface area contributed by atoms with E-state index >= 15 is 0 Å². The Hall–Kier alpha value is -2.48. The van der Waals surface area contributed by atoms with Gasteiger partial charge in [0.25, 0.3) is 0 Å². The van der Waals surface area contributed by atoms with Crippen molar-refractivity contribution in [2.75, 3.05) is 7.11 Å². The van der Waals surface area contributed by atoms with Crippen molar-refractivity contribution in [1.82, 2.24) is 4.57 Å². The predicted molar refractivity (Wildman–Crippen MR) is 81.6 cm³/mol. The van der Waals surface area contributed by atoms with E-state index in [1.165, 1.54) is 31.4 Å². The van der Waals surface area contributed by atoms with Crippen LogP contribution < -0.4 is 4.74 Å². The fourth-order valence-electron chi connectivity index (χ4n) is 2.45. The average Bonchev–Trinajstić information content (AvgIpc) is 2.94. The molecule has 8 heteroatoms. The Morgan fingerprint density at radius 3 is 2.33 bits per heavy atom. The number of alkyl halides is 2. The zero-order valence-electron chi connectivity index (χ0n) is 12.4. The number of methoxy groups -OCH3 is 1. The average molecular weight is 355 g/mol. The Labute approximate surface area is 136 Å². The zero-order valence-corrected chi connectivity index (χ0v) is 13.2. The molecule has 3 aromatic rings. The first-order chi connectivity index (χ1) is 11.3. The van der Waals surface area contributed by atoms with Gasteiger partial charge in [0.1, 0.15) is 11.6 Å². The van der Waals surface area contributed by atoms with Gasteiger partial charge in [-0.1, -0.05) is 0 Å². The quantitative estimate of drug-likeness (QED) is 0.710. The summed E-state index contributed by atoms with van der Waals surface area (Å²) in [7, 11) is -2.66. The highest BCUT2D eigenvalue weighted by atomic mass is 32.2. The maximum Gasteiger partial charge on any atom is 0.319 e. The second-order valence-corrected chi connectivity index (χ2v) is 6.94. The summed E-state index contributed by atoms with van der Waals surface area (Å²) < 4.78 is 70.8. The summed E-state index contributed by atoms with van der Waals surface area (Å²) >= 11 is 0. The van der Waals surface area contributed by atoms with Crippen LogP contribution in [0.1, 0.15) is 6.55 Å². The molecule has 0 N–H and O–H groups in total. The number of ether oxygens (including phenoxy) is 1. The maximum atomic E-state index is 13.5. The van der Waals surface area contributed by atoms with Crippen LogP contribution in [0.2, 0.25) is 0 Å². The standard InChI is InChI=1S/C16H12F3NO3S/c1-23-11-3-5-12(6-4-11)24(21,22)15-9-20(16(18)19)14-7-2-10(17)8-13(14)15/h2-9,16H,1H3. The molecule has 0 amide bonds. The van der Waals surface area contributed by atoms with E-state index in [1.54, 1.807) is 0 Å². The third-order valence-corrected chi connectivity index (χ3v) is 5.43. The first-order valence-corrected chi connectivity index (χ1v) is 8.30. The van der Waals surface area contributed by atoms with Crippen molar-refractivity contribution in [3.05, 3.63) is 54.5 Å². The number of hydrogen-bond acceptors (Lipinski definition) is 3. The minimum absolute atomic E-state index is 0.0570. The van der Waals surface area contributed by atoms with Gasteiger partial charge in [0.05, 0.1) is 22.4 Å². The molecule has 1 aromatic heterocycles. The van der Waals surface area contributed by atoms with Gasteiger partial charge < -0.3 is 4.74 Å². The number of hydrogen-bond donors (Lipinski definition) is 0. The highest BCUT2D eigenvalue weighted by Crippen LogP contribution is 2.33. The van der Waals surface area contributed by atoms with Gasteiger partial charge in [0, 0.05) is 11.6 Å². The number of fused-ring (bicyclic) bond motifs is 1. The molecule has 0 radical (unpaired) electrons.